The van der Waals surface area contributed by atoms with Gasteiger partial charge in [-0.15, -0.1) is 0 Å². The number of halogens is 3. The number of nitrogens with zero attached hydrogens (tertiary/aromatic N) is 1. The SMILES string of the molecule is COc1cc(N2C(=O)c3ccccc3C2=O)ccc1-c1cccc(C(F)(F)F)c1. The zero-order chi connectivity index (χ0) is 20.8. The molecule has 3 aromatic carbocycles. The van der Waals surface area contributed by atoms with Crippen LogP contribution >= 0.6 is 0 Å². The largest absolute Gasteiger partial charge is 0.496 e. The Bertz CT molecular complexity index is 1100. The molecule has 0 unspecified atom stereocenters. The fraction of sp³-hybridized carbons (Fsp3) is 0.0909. The maximum Gasteiger partial charge on any atom is 0.416 e. The molecule has 29 heavy (non-hydrogen) atoms. The van der Waals surface area contributed by atoms with Gasteiger partial charge in [-0.1, -0.05) is 24.3 Å². The Labute approximate surface area is 164 Å². The summed E-state index contributed by atoms with van der Waals surface area (Å²) in [4.78, 5) is 26.3. The van der Waals surface area contributed by atoms with Crippen molar-refractivity contribution < 1.29 is 27.5 Å². The first-order valence-corrected chi connectivity index (χ1v) is 8.65. The maximum atomic E-state index is 13.0. The first kappa shape index (κ1) is 18.7. The van der Waals surface area contributed by atoms with Gasteiger partial charge in [0.15, 0.2) is 0 Å². The predicted molar refractivity (Wildman–Crippen MR) is 101 cm³/mol. The van der Waals surface area contributed by atoms with Crippen LogP contribution in [0.15, 0.2) is 66.7 Å². The molecule has 3 aromatic rings. The van der Waals surface area contributed by atoms with Crippen LogP contribution in [0, 0.1) is 0 Å². The zero-order valence-corrected chi connectivity index (χ0v) is 15.2. The fourth-order valence-electron chi connectivity index (χ4n) is 3.34. The minimum Gasteiger partial charge on any atom is -0.496 e. The average molecular weight is 397 g/mol. The van der Waals surface area contributed by atoms with Crippen LogP contribution in [0.25, 0.3) is 11.1 Å². The van der Waals surface area contributed by atoms with Gasteiger partial charge in [0.25, 0.3) is 11.8 Å². The van der Waals surface area contributed by atoms with Crippen LogP contribution in [0.3, 0.4) is 0 Å². The number of anilines is 1. The van der Waals surface area contributed by atoms with Crippen molar-refractivity contribution in [2.24, 2.45) is 0 Å². The number of rotatable bonds is 3. The number of benzene rings is 3. The lowest BCUT2D eigenvalue weighted by Crippen LogP contribution is -2.29. The lowest BCUT2D eigenvalue weighted by atomic mass is 10.0. The quantitative estimate of drug-likeness (QED) is 0.572. The summed E-state index contributed by atoms with van der Waals surface area (Å²) in [6.45, 7) is 0. The summed E-state index contributed by atoms with van der Waals surface area (Å²) in [5.74, 6) is -0.669. The second kappa shape index (κ2) is 6.77. The number of ether oxygens (including phenoxy) is 1. The van der Waals surface area contributed by atoms with E-state index in [0.717, 1.165) is 17.0 Å². The van der Waals surface area contributed by atoms with Gasteiger partial charge in [-0.2, -0.15) is 13.2 Å². The van der Waals surface area contributed by atoms with Gasteiger partial charge in [0.05, 0.1) is 29.5 Å². The molecule has 4 rings (SSSR count). The van der Waals surface area contributed by atoms with Crippen molar-refractivity contribution in [2.45, 2.75) is 6.18 Å². The molecule has 0 radical (unpaired) electrons. The smallest absolute Gasteiger partial charge is 0.416 e. The van der Waals surface area contributed by atoms with Crippen molar-refractivity contribution in [3.05, 3.63) is 83.4 Å². The molecule has 0 fully saturated rings. The Kier molecular flexibility index (Phi) is 4.38. The molecule has 146 valence electrons. The summed E-state index contributed by atoms with van der Waals surface area (Å²) in [6.07, 6.45) is -4.47. The summed E-state index contributed by atoms with van der Waals surface area (Å²) in [7, 11) is 1.37. The first-order chi connectivity index (χ1) is 13.8. The molecular weight excluding hydrogens is 383 g/mol. The summed E-state index contributed by atoms with van der Waals surface area (Å²) in [5.41, 5.74) is 0.839. The number of hydrogen-bond donors (Lipinski definition) is 0. The molecule has 0 bridgehead atoms. The minimum atomic E-state index is -4.47. The normalized spacial score (nSPS) is 13.6. The minimum absolute atomic E-state index is 0.249. The highest BCUT2D eigenvalue weighted by atomic mass is 19.4. The van der Waals surface area contributed by atoms with Gasteiger partial charge < -0.3 is 4.74 Å². The molecule has 0 aliphatic carbocycles. The van der Waals surface area contributed by atoms with Gasteiger partial charge in [0.1, 0.15) is 5.75 Å². The number of amides is 2. The molecule has 4 nitrogen and oxygen atoms in total. The summed E-state index contributed by atoms with van der Waals surface area (Å²) >= 11 is 0. The second-order valence-electron chi connectivity index (χ2n) is 6.45. The van der Waals surface area contributed by atoms with E-state index in [-0.39, 0.29) is 11.4 Å². The number of methoxy groups -OCH3 is 1. The molecule has 7 heteroatoms. The highest BCUT2D eigenvalue weighted by molar-refractivity contribution is 6.34. The predicted octanol–water partition coefficient (Wildman–Crippen LogP) is 5.18. The van der Waals surface area contributed by atoms with E-state index in [1.807, 2.05) is 0 Å². The number of carbonyl (C=O) groups excluding carboxylic acids is 2. The number of fused-ring (bicyclic) bond motifs is 1. The third-order valence-corrected chi connectivity index (χ3v) is 4.74. The molecule has 2 amide bonds. The Balaban J connectivity index is 1.76. The fourth-order valence-corrected chi connectivity index (χ4v) is 3.34. The van der Waals surface area contributed by atoms with Crippen LogP contribution in [0.2, 0.25) is 0 Å². The van der Waals surface area contributed by atoms with E-state index < -0.39 is 23.6 Å². The summed E-state index contributed by atoms with van der Waals surface area (Å²) < 4.78 is 44.5. The topological polar surface area (TPSA) is 46.6 Å². The second-order valence-corrected chi connectivity index (χ2v) is 6.45. The van der Waals surface area contributed by atoms with Crippen molar-refractivity contribution in [2.75, 3.05) is 12.0 Å². The third kappa shape index (κ3) is 3.14. The first-order valence-electron chi connectivity index (χ1n) is 8.65. The van der Waals surface area contributed by atoms with Gasteiger partial charge in [-0.05, 0) is 42.0 Å². The van der Waals surface area contributed by atoms with E-state index in [2.05, 4.69) is 0 Å². The van der Waals surface area contributed by atoms with E-state index in [0.29, 0.717) is 22.3 Å². The molecule has 1 aliphatic rings. The number of imide groups is 1. The van der Waals surface area contributed by atoms with E-state index in [9.17, 15) is 22.8 Å². The Hall–Kier alpha value is -3.61. The molecule has 0 N–H and O–H groups in total. The zero-order valence-electron chi connectivity index (χ0n) is 15.2. The van der Waals surface area contributed by atoms with Crippen LogP contribution in [0.5, 0.6) is 5.75 Å². The lowest BCUT2D eigenvalue weighted by Gasteiger charge is -2.17. The summed E-state index contributed by atoms with van der Waals surface area (Å²) in [6, 6.07) is 15.9. The van der Waals surface area contributed by atoms with Crippen LogP contribution in [-0.4, -0.2) is 18.9 Å². The average Bonchev–Trinajstić information content (AvgIpc) is 2.98. The Morgan fingerprint density at radius 3 is 2.03 bits per heavy atom. The van der Waals surface area contributed by atoms with Crippen molar-refractivity contribution in [3.8, 4) is 16.9 Å². The van der Waals surface area contributed by atoms with Crippen molar-refractivity contribution in [1.82, 2.24) is 0 Å². The van der Waals surface area contributed by atoms with Crippen LogP contribution < -0.4 is 9.64 Å². The molecule has 0 aromatic heterocycles. The molecule has 1 heterocycles. The van der Waals surface area contributed by atoms with E-state index in [4.69, 9.17) is 4.74 Å². The van der Waals surface area contributed by atoms with Crippen LogP contribution in [0.1, 0.15) is 26.3 Å². The molecule has 0 saturated heterocycles. The standard InChI is InChI=1S/C22H14F3NO3/c1-29-19-12-15(26-20(27)17-7-2-3-8-18(17)21(26)28)9-10-16(19)13-5-4-6-14(11-13)22(23,24)25/h2-12H,1H3. The van der Waals surface area contributed by atoms with E-state index in [1.165, 1.54) is 37.4 Å². The van der Waals surface area contributed by atoms with E-state index >= 15 is 0 Å². The van der Waals surface area contributed by atoms with Gasteiger partial charge >= 0.3 is 6.18 Å². The highest BCUT2D eigenvalue weighted by Crippen LogP contribution is 2.38. The number of carbonyl (C=O) groups is 2. The van der Waals surface area contributed by atoms with Gasteiger partial charge in [0, 0.05) is 11.6 Å². The van der Waals surface area contributed by atoms with Gasteiger partial charge in [-0.3, -0.25) is 9.59 Å². The van der Waals surface area contributed by atoms with Crippen molar-refractivity contribution in [1.29, 1.82) is 0 Å². The van der Waals surface area contributed by atoms with Gasteiger partial charge in [0.2, 0.25) is 0 Å². The summed E-state index contributed by atoms with van der Waals surface area (Å²) in [5, 5.41) is 0. The Morgan fingerprint density at radius 2 is 1.45 bits per heavy atom. The third-order valence-electron chi connectivity index (χ3n) is 4.74. The monoisotopic (exact) mass is 397 g/mol. The van der Waals surface area contributed by atoms with Crippen molar-refractivity contribution >= 4 is 17.5 Å². The molecular formula is C22H14F3NO3. The molecule has 1 aliphatic heterocycles. The van der Waals surface area contributed by atoms with Crippen molar-refractivity contribution in [3.63, 3.8) is 0 Å². The maximum absolute atomic E-state index is 13.0. The Morgan fingerprint density at radius 1 is 0.793 bits per heavy atom. The van der Waals surface area contributed by atoms with Crippen LogP contribution in [-0.2, 0) is 6.18 Å². The molecule has 0 atom stereocenters. The lowest BCUT2D eigenvalue weighted by molar-refractivity contribution is -0.137. The number of hydrogen-bond acceptors (Lipinski definition) is 3. The van der Waals surface area contributed by atoms with E-state index in [1.54, 1.807) is 24.3 Å². The van der Waals surface area contributed by atoms with Crippen LogP contribution in [0.4, 0.5) is 18.9 Å². The number of alkyl halides is 3. The molecule has 0 spiro atoms. The van der Waals surface area contributed by atoms with Gasteiger partial charge in [-0.25, -0.2) is 4.90 Å². The highest BCUT2D eigenvalue weighted by Gasteiger charge is 2.36. The molecule has 0 saturated carbocycles.